The Morgan fingerprint density at radius 3 is 2.59 bits per heavy atom. The molecule has 0 unspecified atom stereocenters. The molecule has 2 rings (SSSR count). The van der Waals surface area contributed by atoms with Crippen molar-refractivity contribution in [2.45, 2.75) is 25.6 Å². The second kappa shape index (κ2) is 7.13. The molecule has 22 heavy (non-hydrogen) atoms. The smallest absolute Gasteiger partial charge is 0.337 e. The normalized spacial score (nSPS) is 19.5. The van der Waals surface area contributed by atoms with Gasteiger partial charge in [-0.3, -0.25) is 4.79 Å². The number of hydrogen-bond acceptors (Lipinski definition) is 4. The van der Waals surface area contributed by atoms with Gasteiger partial charge in [-0.2, -0.15) is 0 Å². The van der Waals surface area contributed by atoms with Crippen molar-refractivity contribution in [1.29, 1.82) is 0 Å². The summed E-state index contributed by atoms with van der Waals surface area (Å²) in [4.78, 5) is 25.2. The quantitative estimate of drug-likeness (QED) is 0.830. The maximum absolute atomic E-state index is 12.2. The molecule has 0 aliphatic carbocycles. The molecule has 5 nitrogen and oxygen atoms in total. The summed E-state index contributed by atoms with van der Waals surface area (Å²) >= 11 is 11.9. The van der Waals surface area contributed by atoms with Crippen molar-refractivity contribution in [2.24, 2.45) is 0 Å². The Labute approximate surface area is 138 Å². The predicted octanol–water partition coefficient (Wildman–Crippen LogP) is 2.01. The molecule has 1 heterocycles. The second-order valence-corrected chi connectivity index (χ2v) is 5.51. The molecule has 0 radical (unpaired) electrons. The minimum absolute atomic E-state index is 0.0526. The van der Waals surface area contributed by atoms with Gasteiger partial charge in [0.15, 0.2) is 6.10 Å². The second-order valence-electron chi connectivity index (χ2n) is 4.72. The standard InChI is InChI=1S/C15H15Cl2NO4/c1-2-22-15(21)13(19)12-10(16)11(17)14(20)18(12)8-9-6-4-3-5-7-9/h3-7,12-13,19H,2,8H2,1H3/t12-,13+/m0/s1. The van der Waals surface area contributed by atoms with Crippen molar-refractivity contribution in [2.75, 3.05) is 6.61 Å². The average Bonchev–Trinajstić information content (AvgIpc) is 2.72. The van der Waals surface area contributed by atoms with Crippen molar-refractivity contribution >= 4 is 35.1 Å². The molecule has 0 fully saturated rings. The third-order valence-corrected chi connectivity index (χ3v) is 4.15. The lowest BCUT2D eigenvalue weighted by molar-refractivity contribution is -0.156. The van der Waals surface area contributed by atoms with E-state index in [1.807, 2.05) is 30.3 Å². The number of nitrogens with zero attached hydrogens (tertiary/aromatic N) is 1. The first kappa shape index (κ1) is 16.8. The van der Waals surface area contributed by atoms with Gasteiger partial charge in [0.05, 0.1) is 11.6 Å². The van der Waals surface area contributed by atoms with E-state index in [4.69, 9.17) is 27.9 Å². The number of esters is 1. The van der Waals surface area contributed by atoms with E-state index in [-0.39, 0.29) is 23.2 Å². The van der Waals surface area contributed by atoms with E-state index in [1.54, 1.807) is 6.92 Å². The van der Waals surface area contributed by atoms with Crippen LogP contribution in [-0.2, 0) is 20.9 Å². The summed E-state index contributed by atoms with van der Waals surface area (Å²) in [5.41, 5.74) is 0.827. The summed E-state index contributed by atoms with van der Waals surface area (Å²) in [5, 5.41) is 9.92. The Hall–Kier alpha value is -1.56. The fourth-order valence-corrected chi connectivity index (χ4v) is 2.78. The van der Waals surface area contributed by atoms with Crippen LogP contribution < -0.4 is 0 Å². The molecule has 118 valence electrons. The van der Waals surface area contributed by atoms with Crippen LogP contribution in [0.15, 0.2) is 40.4 Å². The fraction of sp³-hybridized carbons (Fsp3) is 0.333. The lowest BCUT2D eigenvalue weighted by atomic mass is 10.1. The highest BCUT2D eigenvalue weighted by molar-refractivity contribution is 6.49. The number of amides is 1. The molecule has 0 spiro atoms. The van der Waals surface area contributed by atoms with Gasteiger partial charge in [-0.25, -0.2) is 4.79 Å². The largest absolute Gasteiger partial charge is 0.464 e. The molecule has 1 amide bonds. The lowest BCUT2D eigenvalue weighted by Gasteiger charge is -2.28. The average molecular weight is 344 g/mol. The van der Waals surface area contributed by atoms with Crippen LogP contribution in [-0.4, -0.2) is 40.6 Å². The zero-order valence-electron chi connectivity index (χ0n) is 11.8. The first-order chi connectivity index (χ1) is 10.5. The van der Waals surface area contributed by atoms with Gasteiger partial charge in [0.25, 0.3) is 5.91 Å². The first-order valence-corrected chi connectivity index (χ1v) is 7.47. The first-order valence-electron chi connectivity index (χ1n) is 6.72. The van der Waals surface area contributed by atoms with E-state index in [2.05, 4.69) is 0 Å². The van der Waals surface area contributed by atoms with Gasteiger partial charge in [0, 0.05) is 6.54 Å². The van der Waals surface area contributed by atoms with E-state index in [9.17, 15) is 14.7 Å². The zero-order chi connectivity index (χ0) is 16.3. The van der Waals surface area contributed by atoms with E-state index in [0.29, 0.717) is 0 Å². The Morgan fingerprint density at radius 1 is 1.36 bits per heavy atom. The summed E-state index contributed by atoms with van der Waals surface area (Å²) in [6.07, 6.45) is -1.59. The maximum Gasteiger partial charge on any atom is 0.337 e. The van der Waals surface area contributed by atoms with E-state index in [1.165, 1.54) is 4.90 Å². The SMILES string of the molecule is CCOC(=O)[C@H](O)[C@@H]1C(Cl)=C(Cl)C(=O)N1Cc1ccccc1. The summed E-state index contributed by atoms with van der Waals surface area (Å²) in [6, 6.07) is 8.09. The van der Waals surface area contributed by atoms with Crippen molar-refractivity contribution in [3.8, 4) is 0 Å². The van der Waals surface area contributed by atoms with Gasteiger partial charge >= 0.3 is 5.97 Å². The van der Waals surface area contributed by atoms with E-state index >= 15 is 0 Å². The van der Waals surface area contributed by atoms with Crippen LogP contribution in [0.4, 0.5) is 0 Å². The number of ether oxygens (including phenoxy) is 1. The minimum Gasteiger partial charge on any atom is -0.464 e. The maximum atomic E-state index is 12.2. The molecule has 0 saturated heterocycles. The monoisotopic (exact) mass is 343 g/mol. The van der Waals surface area contributed by atoms with Crippen LogP contribution in [0.5, 0.6) is 0 Å². The lowest BCUT2D eigenvalue weighted by Crippen LogP contribution is -2.46. The summed E-state index contributed by atoms with van der Waals surface area (Å²) < 4.78 is 4.78. The molecular weight excluding hydrogens is 329 g/mol. The molecule has 1 aliphatic rings. The predicted molar refractivity (Wildman–Crippen MR) is 82.2 cm³/mol. The molecule has 0 aromatic heterocycles. The van der Waals surface area contributed by atoms with Gasteiger partial charge in [0.2, 0.25) is 0 Å². The molecule has 0 saturated carbocycles. The Morgan fingerprint density at radius 2 is 2.00 bits per heavy atom. The van der Waals surface area contributed by atoms with Crippen LogP contribution in [0.3, 0.4) is 0 Å². The number of rotatable bonds is 5. The molecule has 0 bridgehead atoms. The highest BCUT2D eigenvalue weighted by atomic mass is 35.5. The van der Waals surface area contributed by atoms with Crippen molar-refractivity contribution in [3.63, 3.8) is 0 Å². The van der Waals surface area contributed by atoms with Crippen LogP contribution in [0.2, 0.25) is 0 Å². The van der Waals surface area contributed by atoms with Crippen molar-refractivity contribution in [1.82, 2.24) is 4.90 Å². The van der Waals surface area contributed by atoms with Crippen LogP contribution in [0.1, 0.15) is 12.5 Å². The number of hydrogen-bond donors (Lipinski definition) is 1. The van der Waals surface area contributed by atoms with Crippen LogP contribution in [0.25, 0.3) is 0 Å². The molecule has 2 atom stereocenters. The highest BCUT2D eigenvalue weighted by Gasteiger charge is 2.44. The topological polar surface area (TPSA) is 66.8 Å². The molecule has 7 heteroatoms. The fourth-order valence-electron chi connectivity index (χ4n) is 2.24. The molecule has 1 aliphatic heterocycles. The molecule has 1 aromatic rings. The summed E-state index contributed by atoms with van der Waals surface area (Å²) in [7, 11) is 0. The van der Waals surface area contributed by atoms with Gasteiger partial charge in [-0.05, 0) is 12.5 Å². The Kier molecular flexibility index (Phi) is 5.45. The van der Waals surface area contributed by atoms with Gasteiger partial charge in [-0.15, -0.1) is 0 Å². The van der Waals surface area contributed by atoms with Crippen LogP contribution >= 0.6 is 23.2 Å². The van der Waals surface area contributed by atoms with E-state index < -0.39 is 24.0 Å². The minimum atomic E-state index is -1.59. The molecule has 1 aromatic carbocycles. The van der Waals surface area contributed by atoms with Gasteiger partial charge in [-0.1, -0.05) is 53.5 Å². The Balaban J connectivity index is 2.26. The zero-order valence-corrected chi connectivity index (χ0v) is 13.3. The van der Waals surface area contributed by atoms with Crippen molar-refractivity contribution < 1.29 is 19.4 Å². The number of halogens is 2. The third-order valence-electron chi connectivity index (χ3n) is 3.28. The summed E-state index contributed by atoms with van der Waals surface area (Å²) in [6.45, 7) is 1.91. The number of benzene rings is 1. The highest BCUT2D eigenvalue weighted by Crippen LogP contribution is 2.34. The number of carbonyl (C=O) groups excluding carboxylic acids is 2. The number of aliphatic hydroxyl groups excluding tert-OH is 1. The Bertz CT molecular complexity index is 603. The third kappa shape index (κ3) is 3.27. The van der Waals surface area contributed by atoms with Gasteiger partial charge in [0.1, 0.15) is 11.1 Å². The number of aliphatic hydroxyl groups is 1. The number of carbonyl (C=O) groups is 2. The van der Waals surface area contributed by atoms with Gasteiger partial charge < -0.3 is 14.7 Å². The summed E-state index contributed by atoms with van der Waals surface area (Å²) in [5.74, 6) is -1.37. The van der Waals surface area contributed by atoms with E-state index in [0.717, 1.165) is 5.56 Å². The molecular formula is C15H15Cl2NO4. The molecule has 1 N–H and O–H groups in total. The van der Waals surface area contributed by atoms with Crippen molar-refractivity contribution in [3.05, 3.63) is 46.0 Å². The van der Waals surface area contributed by atoms with Crippen LogP contribution in [0, 0.1) is 0 Å².